The van der Waals surface area contributed by atoms with Crippen LogP contribution in [0, 0.1) is 5.92 Å². The Balaban J connectivity index is 2.78. The van der Waals surface area contributed by atoms with E-state index in [0.717, 1.165) is 6.54 Å². The predicted octanol–water partition coefficient (Wildman–Crippen LogP) is 3.25. The molecule has 1 heterocycles. The van der Waals surface area contributed by atoms with Crippen LogP contribution in [-0.2, 0) is 0 Å². The van der Waals surface area contributed by atoms with E-state index >= 15 is 0 Å². The summed E-state index contributed by atoms with van der Waals surface area (Å²) in [6.07, 6.45) is -0.443. The zero-order valence-corrected chi connectivity index (χ0v) is 12.3. The molecule has 102 valence electrons. The Morgan fingerprint density at radius 3 is 2.28 bits per heavy atom. The molecule has 0 spiro atoms. The summed E-state index contributed by atoms with van der Waals surface area (Å²) in [4.78, 5) is 4.30. The lowest BCUT2D eigenvalue weighted by molar-refractivity contribution is 0.138. The predicted molar refractivity (Wildman–Crippen MR) is 77.8 cm³/mol. The monoisotopic (exact) mass is 291 g/mol. The minimum absolute atomic E-state index is 0.178. The third-order valence-electron chi connectivity index (χ3n) is 2.52. The number of rotatable bonds is 6. The van der Waals surface area contributed by atoms with E-state index in [4.69, 9.17) is 23.2 Å². The van der Waals surface area contributed by atoms with E-state index < -0.39 is 6.10 Å². The first-order valence-electron chi connectivity index (χ1n) is 5.97. The van der Waals surface area contributed by atoms with E-state index in [2.05, 4.69) is 15.6 Å². The average Bonchev–Trinajstić information content (AvgIpc) is 2.30. The van der Waals surface area contributed by atoms with Crippen molar-refractivity contribution in [3.63, 3.8) is 0 Å². The van der Waals surface area contributed by atoms with Crippen molar-refractivity contribution in [1.29, 1.82) is 0 Å². The topological polar surface area (TPSA) is 57.2 Å². The molecule has 0 saturated carbocycles. The molecule has 0 aliphatic carbocycles. The third kappa shape index (κ3) is 4.19. The molecule has 0 fully saturated rings. The lowest BCUT2D eigenvalue weighted by Crippen LogP contribution is -2.25. The molecule has 0 amide bonds. The summed E-state index contributed by atoms with van der Waals surface area (Å²) < 4.78 is 0. The van der Waals surface area contributed by atoms with Crippen LogP contribution in [0.5, 0.6) is 0 Å². The highest BCUT2D eigenvalue weighted by molar-refractivity contribution is 6.37. The summed E-state index contributed by atoms with van der Waals surface area (Å²) in [5.74, 6) is 1.29. The molecule has 4 nitrogen and oxygen atoms in total. The molecule has 3 N–H and O–H groups in total. The SMILES string of the molecule is CCNc1nc(NCC(O)C(C)C)c(Cl)cc1Cl. The van der Waals surface area contributed by atoms with Crippen LogP contribution in [0.25, 0.3) is 0 Å². The van der Waals surface area contributed by atoms with Gasteiger partial charge in [-0.1, -0.05) is 37.0 Å². The molecular weight excluding hydrogens is 273 g/mol. The highest BCUT2D eigenvalue weighted by Crippen LogP contribution is 2.29. The average molecular weight is 292 g/mol. The molecule has 1 unspecified atom stereocenters. The van der Waals surface area contributed by atoms with Gasteiger partial charge < -0.3 is 15.7 Å². The number of hydrogen-bond acceptors (Lipinski definition) is 4. The summed E-state index contributed by atoms with van der Waals surface area (Å²) in [6, 6.07) is 1.64. The number of aliphatic hydroxyl groups excluding tert-OH is 1. The summed E-state index contributed by atoms with van der Waals surface area (Å²) in [7, 11) is 0. The van der Waals surface area contributed by atoms with Crippen LogP contribution in [0.15, 0.2) is 6.07 Å². The zero-order valence-electron chi connectivity index (χ0n) is 10.8. The van der Waals surface area contributed by atoms with Gasteiger partial charge in [0.25, 0.3) is 0 Å². The van der Waals surface area contributed by atoms with Crippen LogP contribution in [0.3, 0.4) is 0 Å². The van der Waals surface area contributed by atoms with Crippen LogP contribution in [0.2, 0.25) is 10.0 Å². The standard InChI is InChI=1S/C12H19Cl2N3O/c1-4-15-11-8(13)5-9(14)12(17-11)16-6-10(18)7(2)3/h5,7,10,18H,4,6H2,1-3H3,(H2,15,16,17). The van der Waals surface area contributed by atoms with Crippen molar-refractivity contribution in [3.8, 4) is 0 Å². The summed E-state index contributed by atoms with van der Waals surface area (Å²) in [6.45, 7) is 6.99. The Labute approximate surface area is 118 Å². The van der Waals surface area contributed by atoms with Gasteiger partial charge in [-0.05, 0) is 18.9 Å². The van der Waals surface area contributed by atoms with Gasteiger partial charge in [0.2, 0.25) is 0 Å². The molecule has 6 heteroatoms. The molecule has 1 atom stereocenters. The van der Waals surface area contributed by atoms with Crippen LogP contribution in [-0.4, -0.2) is 29.3 Å². The highest BCUT2D eigenvalue weighted by atomic mass is 35.5. The van der Waals surface area contributed by atoms with Gasteiger partial charge in [0, 0.05) is 13.1 Å². The quantitative estimate of drug-likeness (QED) is 0.753. The molecule has 0 radical (unpaired) electrons. The van der Waals surface area contributed by atoms with Crippen molar-refractivity contribution in [2.24, 2.45) is 5.92 Å². The van der Waals surface area contributed by atoms with Gasteiger partial charge in [-0.25, -0.2) is 4.98 Å². The van der Waals surface area contributed by atoms with E-state index in [9.17, 15) is 5.11 Å². The molecule has 0 saturated heterocycles. The number of hydrogen-bond donors (Lipinski definition) is 3. The number of anilines is 2. The maximum atomic E-state index is 9.73. The van der Waals surface area contributed by atoms with Gasteiger partial charge in [-0.2, -0.15) is 0 Å². The van der Waals surface area contributed by atoms with Crippen LogP contribution >= 0.6 is 23.2 Å². The fraction of sp³-hybridized carbons (Fsp3) is 0.583. The fourth-order valence-electron chi connectivity index (χ4n) is 1.32. The normalized spacial score (nSPS) is 12.6. The van der Waals surface area contributed by atoms with Crippen molar-refractivity contribution >= 4 is 34.8 Å². The maximum absolute atomic E-state index is 9.73. The molecule has 0 bridgehead atoms. The summed E-state index contributed by atoms with van der Waals surface area (Å²) >= 11 is 12.1. The largest absolute Gasteiger partial charge is 0.391 e. The lowest BCUT2D eigenvalue weighted by Gasteiger charge is -2.17. The van der Waals surface area contributed by atoms with Gasteiger partial charge in [0.15, 0.2) is 0 Å². The summed E-state index contributed by atoms with van der Waals surface area (Å²) in [5.41, 5.74) is 0. The molecule has 18 heavy (non-hydrogen) atoms. The highest BCUT2D eigenvalue weighted by Gasteiger charge is 2.12. The number of nitrogens with one attached hydrogen (secondary N) is 2. The zero-order chi connectivity index (χ0) is 13.7. The minimum atomic E-state index is -0.443. The van der Waals surface area contributed by atoms with E-state index in [1.165, 1.54) is 0 Å². The first-order chi connectivity index (χ1) is 8.45. The Morgan fingerprint density at radius 2 is 1.78 bits per heavy atom. The first-order valence-corrected chi connectivity index (χ1v) is 6.73. The Hall–Kier alpha value is -0.710. The van der Waals surface area contributed by atoms with Crippen molar-refractivity contribution in [3.05, 3.63) is 16.1 Å². The number of pyridine rings is 1. The second kappa shape index (κ2) is 7.02. The van der Waals surface area contributed by atoms with E-state index in [1.54, 1.807) is 6.07 Å². The third-order valence-corrected chi connectivity index (χ3v) is 3.10. The number of aromatic nitrogens is 1. The van der Waals surface area contributed by atoms with Gasteiger partial charge in [-0.3, -0.25) is 0 Å². The van der Waals surface area contributed by atoms with Gasteiger partial charge >= 0.3 is 0 Å². The van der Waals surface area contributed by atoms with Gasteiger partial charge in [-0.15, -0.1) is 0 Å². The smallest absolute Gasteiger partial charge is 0.147 e. The lowest BCUT2D eigenvalue weighted by atomic mass is 10.1. The summed E-state index contributed by atoms with van der Waals surface area (Å²) in [5, 5.41) is 16.7. The van der Waals surface area contributed by atoms with Gasteiger partial charge in [0.1, 0.15) is 11.6 Å². The second-order valence-electron chi connectivity index (χ2n) is 4.37. The number of aliphatic hydroxyl groups is 1. The van der Waals surface area contributed by atoms with Gasteiger partial charge in [0.05, 0.1) is 16.1 Å². The number of halogens is 2. The second-order valence-corrected chi connectivity index (χ2v) is 5.19. The Kier molecular flexibility index (Phi) is 5.99. The van der Waals surface area contributed by atoms with Crippen molar-refractivity contribution in [1.82, 2.24) is 4.98 Å². The van der Waals surface area contributed by atoms with E-state index in [0.29, 0.717) is 28.2 Å². The molecule has 0 aromatic carbocycles. The first kappa shape index (κ1) is 15.3. The van der Waals surface area contributed by atoms with Crippen molar-refractivity contribution < 1.29 is 5.11 Å². The van der Waals surface area contributed by atoms with Crippen LogP contribution < -0.4 is 10.6 Å². The number of nitrogens with zero attached hydrogens (tertiary/aromatic N) is 1. The van der Waals surface area contributed by atoms with Crippen LogP contribution in [0.4, 0.5) is 11.6 Å². The van der Waals surface area contributed by atoms with Crippen molar-refractivity contribution in [2.75, 3.05) is 23.7 Å². The molecule has 0 aliphatic heterocycles. The molecule has 1 aromatic heterocycles. The molecule has 1 aromatic rings. The molecular formula is C12H19Cl2N3O. The minimum Gasteiger partial charge on any atom is -0.391 e. The van der Waals surface area contributed by atoms with Crippen LogP contribution in [0.1, 0.15) is 20.8 Å². The maximum Gasteiger partial charge on any atom is 0.147 e. The van der Waals surface area contributed by atoms with E-state index in [1.807, 2.05) is 20.8 Å². The fourth-order valence-corrected chi connectivity index (χ4v) is 1.81. The van der Waals surface area contributed by atoms with E-state index in [-0.39, 0.29) is 5.92 Å². The Morgan fingerprint density at radius 1 is 1.22 bits per heavy atom. The molecule has 1 rings (SSSR count). The molecule has 0 aliphatic rings. The van der Waals surface area contributed by atoms with Crippen molar-refractivity contribution in [2.45, 2.75) is 26.9 Å². The Bertz CT molecular complexity index is 399.